The summed E-state index contributed by atoms with van der Waals surface area (Å²) in [4.78, 5) is -0.652. The smallest absolute Gasteiger partial charge is 0.296 e. The van der Waals surface area contributed by atoms with Crippen molar-refractivity contribution in [3.63, 3.8) is 0 Å². The summed E-state index contributed by atoms with van der Waals surface area (Å²) in [6.45, 7) is 1.72. The number of hydrogen-bond acceptors (Lipinski definition) is 12. The lowest BCUT2D eigenvalue weighted by atomic mass is 10.1. The number of para-hydroxylation sites is 1. The van der Waals surface area contributed by atoms with Crippen LogP contribution in [0.15, 0.2) is 146 Å². The fraction of sp³-hybridized carbons (Fsp3) is 0.0556. The van der Waals surface area contributed by atoms with Gasteiger partial charge < -0.3 is 20.3 Å². The molecule has 0 heterocycles. The first-order chi connectivity index (χ1) is 24.8. The number of aromatic hydroxyl groups is 2. The SMILES string of the molecule is COc1cc(N=Nc2ccc(S(=O)(=O)Nc3ccc(O)cc3)cc2)c(C)cc1N=Nc1c(S(=O)(=O)O)cc2cc(Nc3ccccc3)ccc2c1O. The Kier molecular flexibility index (Phi) is 9.87. The zero-order valence-corrected chi connectivity index (χ0v) is 29.1. The molecule has 6 rings (SSSR count). The minimum atomic E-state index is -4.85. The molecule has 264 valence electrons. The van der Waals surface area contributed by atoms with Gasteiger partial charge in [-0.25, -0.2) is 8.42 Å². The van der Waals surface area contributed by atoms with Gasteiger partial charge in [-0.3, -0.25) is 9.27 Å². The predicted molar refractivity (Wildman–Crippen MR) is 197 cm³/mol. The van der Waals surface area contributed by atoms with Gasteiger partial charge in [0.2, 0.25) is 0 Å². The second-order valence-electron chi connectivity index (χ2n) is 11.3. The number of sulfonamides is 1. The Bertz CT molecular complexity index is 2560. The van der Waals surface area contributed by atoms with Crippen molar-refractivity contribution in [3.05, 3.63) is 121 Å². The maximum absolute atomic E-state index is 12.8. The van der Waals surface area contributed by atoms with Crippen molar-refractivity contribution in [2.45, 2.75) is 16.7 Å². The van der Waals surface area contributed by atoms with Crippen LogP contribution >= 0.6 is 0 Å². The number of rotatable bonds is 11. The highest BCUT2D eigenvalue weighted by molar-refractivity contribution is 7.92. The summed E-state index contributed by atoms with van der Waals surface area (Å²) in [6.07, 6.45) is 0. The van der Waals surface area contributed by atoms with Gasteiger partial charge in [-0.1, -0.05) is 18.2 Å². The average molecular weight is 739 g/mol. The molecule has 0 amide bonds. The number of ether oxygens (including phenoxy) is 1. The highest BCUT2D eigenvalue weighted by Gasteiger charge is 2.23. The van der Waals surface area contributed by atoms with Crippen molar-refractivity contribution in [2.75, 3.05) is 17.1 Å². The van der Waals surface area contributed by atoms with E-state index in [0.717, 1.165) is 5.69 Å². The van der Waals surface area contributed by atoms with Crippen molar-refractivity contribution in [1.29, 1.82) is 0 Å². The first kappa shape index (κ1) is 35.5. The molecule has 0 saturated heterocycles. The average Bonchev–Trinajstić information content (AvgIpc) is 3.11. The van der Waals surface area contributed by atoms with Crippen molar-refractivity contribution in [1.82, 2.24) is 0 Å². The molecule has 14 nitrogen and oxygen atoms in total. The molecule has 16 heteroatoms. The van der Waals surface area contributed by atoms with Gasteiger partial charge in [-0.15, -0.1) is 10.2 Å². The van der Waals surface area contributed by atoms with E-state index >= 15 is 0 Å². The van der Waals surface area contributed by atoms with E-state index in [1.54, 1.807) is 31.2 Å². The largest absolute Gasteiger partial charge is 0.508 e. The maximum atomic E-state index is 12.8. The summed E-state index contributed by atoms with van der Waals surface area (Å²) in [5.41, 5.74) is 2.72. The number of phenolic OH excluding ortho intramolecular Hbond substituents is 2. The van der Waals surface area contributed by atoms with E-state index in [-0.39, 0.29) is 33.2 Å². The Balaban J connectivity index is 1.25. The molecule has 0 radical (unpaired) electrons. The molecule has 5 N–H and O–H groups in total. The van der Waals surface area contributed by atoms with Gasteiger partial charge in [0.25, 0.3) is 20.1 Å². The molecule has 0 aliphatic carbocycles. The van der Waals surface area contributed by atoms with Crippen molar-refractivity contribution in [3.8, 4) is 17.2 Å². The molecular weight excluding hydrogens is 709 g/mol. The monoisotopic (exact) mass is 738 g/mol. The van der Waals surface area contributed by atoms with E-state index in [1.165, 1.54) is 67.8 Å². The molecule has 0 spiro atoms. The van der Waals surface area contributed by atoms with Crippen molar-refractivity contribution < 1.29 is 36.3 Å². The van der Waals surface area contributed by atoms with Crippen LogP contribution in [0, 0.1) is 6.92 Å². The van der Waals surface area contributed by atoms with Gasteiger partial charge in [0.15, 0.2) is 5.75 Å². The predicted octanol–water partition coefficient (Wildman–Crippen LogP) is 9.19. The van der Waals surface area contributed by atoms with Crippen LogP contribution < -0.4 is 14.8 Å². The second-order valence-corrected chi connectivity index (χ2v) is 14.4. The van der Waals surface area contributed by atoms with E-state index in [9.17, 15) is 31.6 Å². The Hall–Kier alpha value is -6.36. The Morgan fingerprint density at radius 2 is 1.35 bits per heavy atom. The zero-order valence-electron chi connectivity index (χ0n) is 27.5. The van der Waals surface area contributed by atoms with Gasteiger partial charge >= 0.3 is 0 Å². The van der Waals surface area contributed by atoms with E-state index in [2.05, 4.69) is 30.5 Å². The molecule has 0 saturated carbocycles. The van der Waals surface area contributed by atoms with Crippen LogP contribution in [0.5, 0.6) is 17.2 Å². The third-order valence-corrected chi connectivity index (χ3v) is 9.95. The molecule has 52 heavy (non-hydrogen) atoms. The van der Waals surface area contributed by atoms with Crippen LogP contribution in [0.1, 0.15) is 5.56 Å². The molecule has 6 aromatic rings. The molecule has 0 aromatic heterocycles. The Morgan fingerprint density at radius 3 is 2.02 bits per heavy atom. The number of methoxy groups -OCH3 is 1. The lowest BCUT2D eigenvalue weighted by Gasteiger charge is -2.12. The minimum absolute atomic E-state index is 0.00646. The second kappa shape index (κ2) is 14.5. The van der Waals surface area contributed by atoms with E-state index in [1.807, 2.05) is 30.3 Å². The summed E-state index contributed by atoms with van der Waals surface area (Å²) in [6, 6.07) is 29.8. The third-order valence-electron chi connectivity index (χ3n) is 7.69. The van der Waals surface area contributed by atoms with Crippen LogP contribution in [0.2, 0.25) is 0 Å². The number of anilines is 3. The molecule has 0 unspecified atom stereocenters. The number of aryl methyl sites for hydroxylation is 1. The number of azo groups is 2. The third kappa shape index (κ3) is 7.99. The highest BCUT2D eigenvalue weighted by atomic mass is 32.2. The van der Waals surface area contributed by atoms with Crippen LogP contribution in [-0.4, -0.2) is 38.7 Å². The van der Waals surface area contributed by atoms with Gasteiger partial charge in [0.1, 0.15) is 27.8 Å². The zero-order chi connectivity index (χ0) is 37.0. The number of nitrogens with one attached hydrogen (secondary N) is 2. The number of nitrogens with zero attached hydrogens (tertiary/aromatic N) is 4. The van der Waals surface area contributed by atoms with Crippen molar-refractivity contribution in [2.24, 2.45) is 20.5 Å². The van der Waals surface area contributed by atoms with Crippen LogP contribution in [0.4, 0.5) is 39.8 Å². The molecule has 0 atom stereocenters. The number of fused-ring (bicyclic) bond motifs is 1. The molecule has 0 fully saturated rings. The normalized spacial score (nSPS) is 12.1. The Labute approximate surface area is 298 Å². The summed E-state index contributed by atoms with van der Waals surface area (Å²) >= 11 is 0. The van der Waals surface area contributed by atoms with Crippen LogP contribution in [-0.2, 0) is 20.1 Å². The molecular formula is C36H30N6O8S2. The standard InChI is InChI=1S/C36H30N6O8S2/c1-22-18-32(33(50-2)21-31(22)39-38-25-10-15-29(16-11-25)51(45,46)42-26-8-13-28(43)14-9-26)40-41-35-34(52(47,48)49)20-23-19-27(12-17-30(23)36(35)44)37-24-6-4-3-5-7-24/h3-21,37,42-44H,1-2H3,(H,47,48,49). The number of benzene rings is 6. The molecule has 0 aliphatic rings. The van der Waals surface area contributed by atoms with Gasteiger partial charge in [-0.05, 0) is 109 Å². The fourth-order valence-corrected chi connectivity index (χ4v) is 6.79. The highest BCUT2D eigenvalue weighted by Crippen LogP contribution is 2.43. The number of phenols is 2. The van der Waals surface area contributed by atoms with E-state index in [4.69, 9.17) is 4.74 Å². The molecule has 0 aliphatic heterocycles. The Morgan fingerprint density at radius 1 is 0.673 bits per heavy atom. The maximum Gasteiger partial charge on any atom is 0.296 e. The summed E-state index contributed by atoms with van der Waals surface area (Å²) in [5.74, 6) is -0.307. The minimum Gasteiger partial charge on any atom is -0.508 e. The van der Waals surface area contributed by atoms with E-state index in [0.29, 0.717) is 28.0 Å². The lowest BCUT2D eigenvalue weighted by Crippen LogP contribution is -2.12. The van der Waals surface area contributed by atoms with Crippen LogP contribution in [0.25, 0.3) is 10.8 Å². The van der Waals surface area contributed by atoms with Gasteiger partial charge in [-0.2, -0.15) is 18.6 Å². The van der Waals surface area contributed by atoms with Crippen molar-refractivity contribution >= 4 is 70.7 Å². The summed E-state index contributed by atoms with van der Waals surface area (Å²) < 4.78 is 68.4. The van der Waals surface area contributed by atoms with E-state index < -0.39 is 36.5 Å². The lowest BCUT2D eigenvalue weighted by molar-refractivity contribution is 0.416. The summed E-state index contributed by atoms with van der Waals surface area (Å²) in [7, 11) is -7.37. The topological polar surface area (TPSA) is 212 Å². The number of hydrogen-bond donors (Lipinski definition) is 5. The molecule has 0 bridgehead atoms. The fourth-order valence-electron chi connectivity index (χ4n) is 5.07. The summed E-state index contributed by atoms with van der Waals surface area (Å²) in [5, 5.41) is 41.0. The molecule has 6 aromatic carbocycles. The van der Waals surface area contributed by atoms with Crippen LogP contribution in [0.3, 0.4) is 0 Å². The van der Waals surface area contributed by atoms with Gasteiger partial charge in [0.05, 0.1) is 23.4 Å². The quantitative estimate of drug-likeness (QED) is 0.0486. The first-order valence-electron chi connectivity index (χ1n) is 15.3. The first-order valence-corrected chi connectivity index (χ1v) is 18.3. The van der Waals surface area contributed by atoms with Gasteiger partial charge in [0, 0.05) is 28.5 Å².